The van der Waals surface area contributed by atoms with Gasteiger partial charge in [-0.1, -0.05) is 6.07 Å². The molecule has 0 radical (unpaired) electrons. The number of benzene rings is 2. The lowest BCUT2D eigenvalue weighted by Gasteiger charge is -2.15. The van der Waals surface area contributed by atoms with Crippen LogP contribution in [-0.4, -0.2) is 27.2 Å². The van der Waals surface area contributed by atoms with E-state index in [1.165, 1.54) is 30.1 Å². The third kappa shape index (κ3) is 4.76. The number of nitrogens with zero attached hydrogens (tertiary/aromatic N) is 3. The van der Waals surface area contributed by atoms with Crippen molar-refractivity contribution in [2.24, 2.45) is 0 Å². The van der Waals surface area contributed by atoms with Crippen LogP contribution in [-0.2, 0) is 5.60 Å². The monoisotopic (exact) mass is 437 g/mol. The predicted molar refractivity (Wildman–Crippen MR) is 115 cm³/mol. The van der Waals surface area contributed by atoms with Gasteiger partial charge in [0.2, 0.25) is 5.89 Å². The van der Waals surface area contributed by atoms with E-state index in [4.69, 9.17) is 9.15 Å². The van der Waals surface area contributed by atoms with Crippen molar-refractivity contribution in [2.45, 2.75) is 29.4 Å². The second-order valence-corrected chi connectivity index (χ2v) is 8.34. The first kappa shape index (κ1) is 21.0. The summed E-state index contributed by atoms with van der Waals surface area (Å²) in [5, 5.41) is 10.6. The zero-order valence-corrected chi connectivity index (χ0v) is 18.0. The number of halogens is 1. The number of ether oxygens (including phenoxy) is 1. The fourth-order valence-corrected chi connectivity index (χ4v) is 3.65. The average molecular weight is 437 g/mol. The third-order valence-corrected chi connectivity index (χ3v) is 5.43. The number of hydrogen-bond donors (Lipinski definition) is 1. The van der Waals surface area contributed by atoms with E-state index >= 15 is 0 Å². The summed E-state index contributed by atoms with van der Waals surface area (Å²) >= 11 is 1.36. The molecular formula is C23H20FN3O3S. The zero-order chi connectivity index (χ0) is 22.0. The van der Waals surface area contributed by atoms with Gasteiger partial charge < -0.3 is 14.3 Å². The molecule has 0 amide bonds. The Hall–Kier alpha value is -3.23. The molecule has 0 atom stereocenters. The number of rotatable bonds is 6. The van der Waals surface area contributed by atoms with Gasteiger partial charge in [0, 0.05) is 10.5 Å². The van der Waals surface area contributed by atoms with Crippen molar-refractivity contribution in [1.82, 2.24) is 15.0 Å². The highest BCUT2D eigenvalue weighted by Crippen LogP contribution is 2.39. The van der Waals surface area contributed by atoms with Gasteiger partial charge in [-0.05, 0) is 68.1 Å². The molecule has 2 aromatic carbocycles. The van der Waals surface area contributed by atoms with Crippen molar-refractivity contribution >= 4 is 11.8 Å². The maximum Gasteiger partial charge on any atom is 0.228 e. The number of hydrogen-bond acceptors (Lipinski definition) is 7. The van der Waals surface area contributed by atoms with Gasteiger partial charge in [0.25, 0.3) is 0 Å². The van der Waals surface area contributed by atoms with Gasteiger partial charge in [-0.15, -0.1) is 0 Å². The molecule has 0 fully saturated rings. The SMILES string of the molecule is COc1ccc(Sc2oc(-c3cccc(F)c3)nc2-c2cnc(C(C)(C)O)cn2)cc1. The van der Waals surface area contributed by atoms with E-state index in [2.05, 4.69) is 15.0 Å². The first-order valence-electron chi connectivity index (χ1n) is 9.47. The van der Waals surface area contributed by atoms with Gasteiger partial charge >= 0.3 is 0 Å². The molecule has 4 aromatic rings. The molecule has 2 aromatic heterocycles. The van der Waals surface area contributed by atoms with Crippen LogP contribution >= 0.6 is 11.8 Å². The van der Waals surface area contributed by atoms with E-state index < -0.39 is 5.60 Å². The molecule has 0 aliphatic heterocycles. The summed E-state index contributed by atoms with van der Waals surface area (Å²) in [5.41, 5.74) is 0.812. The maximum atomic E-state index is 13.7. The van der Waals surface area contributed by atoms with Gasteiger partial charge in [-0.2, -0.15) is 0 Å². The Morgan fingerprint density at radius 3 is 2.45 bits per heavy atom. The Balaban J connectivity index is 1.76. The van der Waals surface area contributed by atoms with E-state index in [1.54, 1.807) is 39.3 Å². The summed E-state index contributed by atoms with van der Waals surface area (Å²) < 4.78 is 24.9. The van der Waals surface area contributed by atoms with Gasteiger partial charge in [0.1, 0.15) is 28.6 Å². The normalized spacial score (nSPS) is 11.5. The number of aromatic nitrogens is 3. The standard InChI is InChI=1S/C23H20FN3O3S/c1-23(2,28)19-13-25-18(12-26-19)20-22(31-17-9-7-16(29-3)8-10-17)30-21(27-20)14-5-4-6-15(24)11-14/h4-13,28H,1-3H3. The van der Waals surface area contributed by atoms with Crippen LogP contribution in [0.25, 0.3) is 22.8 Å². The number of methoxy groups -OCH3 is 1. The minimum Gasteiger partial charge on any atom is -0.497 e. The van der Waals surface area contributed by atoms with Crippen LogP contribution in [0, 0.1) is 5.82 Å². The molecule has 2 heterocycles. The van der Waals surface area contributed by atoms with Gasteiger partial charge in [0.15, 0.2) is 5.09 Å². The fourth-order valence-electron chi connectivity index (χ4n) is 2.80. The first-order chi connectivity index (χ1) is 14.8. The molecule has 0 spiro atoms. The fraction of sp³-hybridized carbons (Fsp3) is 0.174. The van der Waals surface area contributed by atoms with Gasteiger partial charge in [-0.3, -0.25) is 9.97 Å². The highest BCUT2D eigenvalue weighted by atomic mass is 32.2. The van der Waals surface area contributed by atoms with Crippen molar-refractivity contribution in [3.8, 4) is 28.6 Å². The van der Waals surface area contributed by atoms with Crippen molar-refractivity contribution in [1.29, 1.82) is 0 Å². The molecule has 1 N–H and O–H groups in total. The third-order valence-electron chi connectivity index (χ3n) is 4.46. The van der Waals surface area contributed by atoms with Crippen molar-refractivity contribution < 1.29 is 18.7 Å². The average Bonchev–Trinajstić information content (AvgIpc) is 3.17. The zero-order valence-electron chi connectivity index (χ0n) is 17.2. The second kappa shape index (κ2) is 8.49. The Kier molecular flexibility index (Phi) is 5.75. The molecule has 0 bridgehead atoms. The van der Waals surface area contributed by atoms with Crippen LogP contribution in [0.4, 0.5) is 4.39 Å². The van der Waals surface area contributed by atoms with Gasteiger partial charge in [0.05, 0.1) is 25.2 Å². The van der Waals surface area contributed by atoms with E-state index in [9.17, 15) is 9.50 Å². The van der Waals surface area contributed by atoms with Crippen molar-refractivity contribution in [2.75, 3.05) is 7.11 Å². The molecule has 0 saturated carbocycles. The topological polar surface area (TPSA) is 81.3 Å². The molecule has 0 saturated heterocycles. The molecular weight excluding hydrogens is 417 g/mol. The highest BCUT2D eigenvalue weighted by Gasteiger charge is 2.22. The smallest absolute Gasteiger partial charge is 0.228 e. The second-order valence-electron chi connectivity index (χ2n) is 7.29. The molecule has 0 unspecified atom stereocenters. The summed E-state index contributed by atoms with van der Waals surface area (Å²) in [6.07, 6.45) is 3.05. The van der Waals surface area contributed by atoms with E-state index in [-0.39, 0.29) is 11.7 Å². The van der Waals surface area contributed by atoms with Crippen LogP contribution in [0.3, 0.4) is 0 Å². The van der Waals surface area contributed by atoms with Crippen LogP contribution < -0.4 is 4.74 Å². The Morgan fingerprint density at radius 2 is 1.84 bits per heavy atom. The summed E-state index contributed by atoms with van der Waals surface area (Å²) in [5.74, 6) is 0.644. The largest absolute Gasteiger partial charge is 0.497 e. The van der Waals surface area contributed by atoms with Crippen LogP contribution in [0.5, 0.6) is 5.75 Å². The number of aliphatic hydroxyl groups is 1. The molecule has 0 aliphatic rings. The summed E-state index contributed by atoms with van der Waals surface area (Å²) in [7, 11) is 1.61. The first-order valence-corrected chi connectivity index (χ1v) is 10.3. The lowest BCUT2D eigenvalue weighted by molar-refractivity contribution is 0.0734. The van der Waals surface area contributed by atoms with Crippen LogP contribution in [0.15, 0.2) is 75.3 Å². The van der Waals surface area contributed by atoms with Crippen LogP contribution in [0.2, 0.25) is 0 Å². The highest BCUT2D eigenvalue weighted by molar-refractivity contribution is 7.99. The Labute approximate surface area is 183 Å². The molecule has 158 valence electrons. The summed E-state index contributed by atoms with van der Waals surface area (Å²) in [4.78, 5) is 14.2. The summed E-state index contributed by atoms with van der Waals surface area (Å²) in [6, 6.07) is 13.6. The molecule has 0 aliphatic carbocycles. The quantitative estimate of drug-likeness (QED) is 0.437. The van der Waals surface area contributed by atoms with Crippen molar-refractivity contribution in [3.05, 3.63) is 72.4 Å². The summed E-state index contributed by atoms with van der Waals surface area (Å²) in [6.45, 7) is 3.28. The lowest BCUT2D eigenvalue weighted by atomic mass is 10.1. The maximum absolute atomic E-state index is 13.7. The molecule has 4 rings (SSSR count). The Morgan fingerprint density at radius 1 is 1.06 bits per heavy atom. The van der Waals surface area contributed by atoms with Crippen molar-refractivity contribution in [3.63, 3.8) is 0 Å². The number of oxazole rings is 1. The minimum atomic E-state index is -1.11. The van der Waals surface area contributed by atoms with E-state index in [0.29, 0.717) is 27.7 Å². The molecule has 31 heavy (non-hydrogen) atoms. The predicted octanol–water partition coefficient (Wildman–Crippen LogP) is 5.32. The Bertz CT molecular complexity index is 1190. The van der Waals surface area contributed by atoms with E-state index in [0.717, 1.165) is 10.6 Å². The van der Waals surface area contributed by atoms with Crippen LogP contribution in [0.1, 0.15) is 19.5 Å². The molecule has 6 nitrogen and oxygen atoms in total. The molecule has 8 heteroatoms. The lowest BCUT2D eigenvalue weighted by Crippen LogP contribution is -2.17. The van der Waals surface area contributed by atoms with E-state index in [1.807, 2.05) is 24.3 Å². The minimum absolute atomic E-state index is 0.277. The van der Waals surface area contributed by atoms with Gasteiger partial charge in [-0.25, -0.2) is 9.37 Å².